The minimum atomic E-state index is -0.557. The smallest absolute Gasteiger partial charge is 0.407 e. The van der Waals surface area contributed by atoms with Gasteiger partial charge >= 0.3 is 6.09 Å². The lowest BCUT2D eigenvalue weighted by atomic mass is 10.2. The molecule has 0 aliphatic heterocycles. The number of carbonyl (C=O) groups excluding carboxylic acids is 1. The monoisotopic (exact) mass is 311 g/mol. The summed E-state index contributed by atoms with van der Waals surface area (Å²) >= 11 is 0. The number of aromatic amines is 1. The molecule has 122 valence electrons. The van der Waals surface area contributed by atoms with Crippen LogP contribution in [0.2, 0.25) is 0 Å². The maximum atomic E-state index is 11.5. The summed E-state index contributed by atoms with van der Waals surface area (Å²) in [4.78, 5) is 35.5. The highest BCUT2D eigenvalue weighted by Crippen LogP contribution is 2.08. The fraction of sp³-hybridized carbons (Fsp3) is 0.571. The summed E-state index contributed by atoms with van der Waals surface area (Å²) in [5.74, 6) is 0. The maximum absolute atomic E-state index is 11.5. The summed E-state index contributed by atoms with van der Waals surface area (Å²) in [7, 11) is 0. The van der Waals surface area contributed by atoms with Crippen molar-refractivity contribution in [3.63, 3.8) is 0 Å². The molecular formula is C14H21N3O5. The summed E-state index contributed by atoms with van der Waals surface area (Å²) in [6.45, 7) is 7.55. The van der Waals surface area contributed by atoms with Gasteiger partial charge in [-0.1, -0.05) is 0 Å². The topological polar surface area (TPSA) is 110 Å². The molecule has 0 radical (unpaired) electrons. The molecule has 0 aliphatic rings. The van der Waals surface area contributed by atoms with E-state index in [9.17, 15) is 14.5 Å². The van der Waals surface area contributed by atoms with Crippen LogP contribution >= 0.6 is 0 Å². The van der Waals surface area contributed by atoms with Crippen LogP contribution in [0.15, 0.2) is 22.2 Å². The number of ether oxygens (including phenoxy) is 2. The van der Waals surface area contributed by atoms with Gasteiger partial charge in [0.15, 0.2) is 5.69 Å². The van der Waals surface area contributed by atoms with E-state index >= 15 is 0 Å². The summed E-state index contributed by atoms with van der Waals surface area (Å²) < 4.78 is 10.5. The average molecular weight is 311 g/mol. The van der Waals surface area contributed by atoms with Crippen molar-refractivity contribution in [1.29, 1.82) is 0 Å². The van der Waals surface area contributed by atoms with Crippen LogP contribution in [0.5, 0.6) is 0 Å². The number of nitrogens with one attached hydrogen (secondary N) is 2. The van der Waals surface area contributed by atoms with Gasteiger partial charge in [0.2, 0.25) is 0 Å². The van der Waals surface area contributed by atoms with Gasteiger partial charge in [0.05, 0.1) is 19.3 Å². The third-order valence-electron chi connectivity index (χ3n) is 2.44. The molecule has 1 rings (SSSR count). The number of pyridine rings is 1. The molecule has 1 atom stereocenters. The molecule has 0 fully saturated rings. The Bertz CT molecular complexity index is 577. The van der Waals surface area contributed by atoms with E-state index in [-0.39, 0.29) is 24.9 Å². The lowest BCUT2D eigenvalue weighted by Gasteiger charge is -2.21. The number of H-pyrrole nitrogens is 1. The Hall–Kier alpha value is -2.22. The summed E-state index contributed by atoms with van der Waals surface area (Å²) in [5.41, 5.74) is -0.683. The Morgan fingerprint density at radius 3 is 2.73 bits per heavy atom. The van der Waals surface area contributed by atoms with Gasteiger partial charge in [-0.15, -0.1) is 4.91 Å². The van der Waals surface area contributed by atoms with Crippen LogP contribution in [0.4, 0.5) is 10.5 Å². The lowest BCUT2D eigenvalue weighted by molar-refractivity contribution is 0.0442. The van der Waals surface area contributed by atoms with E-state index in [0.717, 1.165) is 0 Å². The number of amides is 1. The van der Waals surface area contributed by atoms with Crippen molar-refractivity contribution in [2.24, 2.45) is 5.18 Å². The SMILES string of the molecule is C[C@H](COCc1c[nH]c(=O)c(N=O)c1)NC(=O)OC(C)(C)C. The summed E-state index contributed by atoms with van der Waals surface area (Å²) in [6.07, 6.45) is 0.934. The van der Waals surface area contributed by atoms with Crippen molar-refractivity contribution in [1.82, 2.24) is 10.3 Å². The number of alkyl carbamates (subject to hydrolysis) is 1. The molecule has 22 heavy (non-hydrogen) atoms. The van der Waals surface area contributed by atoms with E-state index in [1.54, 1.807) is 27.7 Å². The quantitative estimate of drug-likeness (QED) is 0.783. The van der Waals surface area contributed by atoms with Crippen molar-refractivity contribution in [3.05, 3.63) is 33.1 Å². The van der Waals surface area contributed by atoms with Crippen LogP contribution in [0.1, 0.15) is 33.3 Å². The molecule has 0 saturated heterocycles. The van der Waals surface area contributed by atoms with Gasteiger partial charge in [-0.25, -0.2) is 4.79 Å². The minimum absolute atomic E-state index is 0.180. The highest BCUT2D eigenvalue weighted by atomic mass is 16.6. The zero-order chi connectivity index (χ0) is 16.8. The first-order valence-corrected chi connectivity index (χ1v) is 6.83. The van der Waals surface area contributed by atoms with Crippen LogP contribution in [0, 0.1) is 4.91 Å². The largest absolute Gasteiger partial charge is 0.444 e. The van der Waals surface area contributed by atoms with E-state index in [1.807, 2.05) is 0 Å². The molecule has 8 heteroatoms. The molecule has 1 aromatic heterocycles. The number of hydrogen-bond acceptors (Lipinski definition) is 6. The predicted molar refractivity (Wildman–Crippen MR) is 81.0 cm³/mol. The molecule has 0 spiro atoms. The molecule has 0 aliphatic carbocycles. The average Bonchev–Trinajstić information content (AvgIpc) is 2.38. The highest BCUT2D eigenvalue weighted by Gasteiger charge is 2.17. The van der Waals surface area contributed by atoms with Gasteiger partial charge < -0.3 is 19.8 Å². The van der Waals surface area contributed by atoms with Crippen molar-refractivity contribution >= 4 is 11.8 Å². The Kier molecular flexibility index (Phi) is 6.24. The first kappa shape index (κ1) is 17.8. The molecule has 0 saturated carbocycles. The molecule has 1 heterocycles. The predicted octanol–water partition coefficient (Wildman–Crippen LogP) is 2.20. The van der Waals surface area contributed by atoms with Crippen LogP contribution in [-0.4, -0.2) is 29.3 Å². The molecule has 1 aromatic rings. The fourth-order valence-corrected chi connectivity index (χ4v) is 1.57. The normalized spacial score (nSPS) is 12.5. The molecule has 0 aromatic carbocycles. The van der Waals surface area contributed by atoms with Crippen molar-refractivity contribution in [2.45, 2.75) is 45.9 Å². The number of carbonyl (C=O) groups is 1. The molecule has 8 nitrogen and oxygen atoms in total. The van der Waals surface area contributed by atoms with E-state index in [4.69, 9.17) is 9.47 Å². The Labute approximate surface area is 128 Å². The standard InChI is InChI=1S/C14H21N3O5/c1-9(16-13(19)22-14(2,3)4)7-21-8-10-5-11(17-20)12(18)15-6-10/h5-6,9H,7-8H2,1-4H3,(H,15,18)(H,16,19)/t9-/m1/s1. The Morgan fingerprint density at radius 1 is 1.45 bits per heavy atom. The molecule has 0 unspecified atom stereocenters. The first-order chi connectivity index (χ1) is 10.2. The third-order valence-corrected chi connectivity index (χ3v) is 2.44. The molecule has 1 amide bonds. The third kappa shape index (κ3) is 6.49. The van der Waals surface area contributed by atoms with E-state index < -0.39 is 17.3 Å². The van der Waals surface area contributed by atoms with Crippen molar-refractivity contribution in [3.8, 4) is 0 Å². The number of aromatic nitrogens is 1. The number of nitrogens with zero attached hydrogens (tertiary/aromatic N) is 1. The number of nitroso groups, excluding NO2 is 1. The molecule has 0 bridgehead atoms. The van der Waals surface area contributed by atoms with Gasteiger partial charge in [-0.2, -0.15) is 0 Å². The second-order valence-corrected chi connectivity index (χ2v) is 5.88. The fourth-order valence-electron chi connectivity index (χ4n) is 1.57. The van der Waals surface area contributed by atoms with Gasteiger partial charge in [0.25, 0.3) is 5.56 Å². The Balaban J connectivity index is 2.39. The minimum Gasteiger partial charge on any atom is -0.444 e. The van der Waals surface area contributed by atoms with Crippen molar-refractivity contribution < 1.29 is 14.3 Å². The second kappa shape index (κ2) is 7.69. The lowest BCUT2D eigenvalue weighted by Crippen LogP contribution is -2.39. The zero-order valence-electron chi connectivity index (χ0n) is 13.1. The van der Waals surface area contributed by atoms with E-state index in [1.165, 1.54) is 12.3 Å². The summed E-state index contributed by atoms with van der Waals surface area (Å²) in [6, 6.07) is 1.11. The van der Waals surface area contributed by atoms with Crippen LogP contribution in [0.3, 0.4) is 0 Å². The molecule has 2 N–H and O–H groups in total. The Morgan fingerprint density at radius 2 is 2.14 bits per heavy atom. The van der Waals surface area contributed by atoms with Gasteiger partial charge in [-0.05, 0) is 44.5 Å². The number of hydrogen-bond donors (Lipinski definition) is 2. The zero-order valence-corrected chi connectivity index (χ0v) is 13.1. The maximum Gasteiger partial charge on any atom is 0.407 e. The van der Waals surface area contributed by atoms with Gasteiger partial charge in [0, 0.05) is 6.20 Å². The second-order valence-electron chi connectivity index (χ2n) is 5.88. The number of rotatable bonds is 6. The van der Waals surface area contributed by atoms with Gasteiger partial charge in [0.1, 0.15) is 5.60 Å². The highest BCUT2D eigenvalue weighted by molar-refractivity contribution is 5.68. The van der Waals surface area contributed by atoms with E-state index in [0.29, 0.717) is 5.56 Å². The van der Waals surface area contributed by atoms with Crippen LogP contribution < -0.4 is 10.9 Å². The van der Waals surface area contributed by atoms with Gasteiger partial charge in [-0.3, -0.25) is 4.79 Å². The van der Waals surface area contributed by atoms with Crippen LogP contribution in [0.25, 0.3) is 0 Å². The van der Waals surface area contributed by atoms with Crippen molar-refractivity contribution in [2.75, 3.05) is 6.61 Å². The first-order valence-electron chi connectivity index (χ1n) is 6.83. The van der Waals surface area contributed by atoms with E-state index in [2.05, 4.69) is 15.5 Å². The summed E-state index contributed by atoms with van der Waals surface area (Å²) in [5, 5.41) is 5.27. The van der Waals surface area contributed by atoms with Crippen LogP contribution in [-0.2, 0) is 16.1 Å². The molecular weight excluding hydrogens is 290 g/mol.